The maximum Gasteiger partial charge on any atom is 0.363 e. The van der Waals surface area contributed by atoms with Crippen LogP contribution in [-0.4, -0.2) is 33.5 Å². The Bertz CT molecular complexity index is 791. The van der Waals surface area contributed by atoms with Gasteiger partial charge >= 0.3 is 5.71 Å². The van der Waals surface area contributed by atoms with Gasteiger partial charge < -0.3 is 10.6 Å². The third-order valence-electron chi connectivity index (χ3n) is 2.78. The zero-order chi connectivity index (χ0) is 15.1. The molecule has 0 amide bonds. The highest BCUT2D eigenvalue weighted by Crippen LogP contribution is 2.34. The van der Waals surface area contributed by atoms with E-state index >= 15 is 0 Å². The van der Waals surface area contributed by atoms with Crippen LogP contribution in [0.5, 0.6) is 0 Å². The fourth-order valence-corrected chi connectivity index (χ4v) is 2.74. The van der Waals surface area contributed by atoms with Gasteiger partial charge in [0, 0.05) is 12.1 Å². The average molecular weight is 297 g/mol. The van der Waals surface area contributed by atoms with Crippen LogP contribution in [0, 0.1) is 10.1 Å². The van der Waals surface area contributed by atoms with E-state index in [4.69, 9.17) is 10.1 Å². The lowest BCUT2D eigenvalue weighted by Gasteiger charge is -2.17. The van der Waals surface area contributed by atoms with Crippen molar-refractivity contribution in [2.75, 3.05) is 0 Å². The maximum atomic E-state index is 11.3. The van der Waals surface area contributed by atoms with Crippen LogP contribution in [0.2, 0.25) is 0 Å². The number of non-ortho nitro benzene ring substituents is 1. The molecule has 0 heterocycles. The molecule has 0 spiro atoms. The molecule has 1 unspecified atom stereocenters. The summed E-state index contributed by atoms with van der Waals surface area (Å²) in [4.78, 5) is 12.8. The first-order chi connectivity index (χ1) is 9.25. The highest BCUT2D eigenvalue weighted by molar-refractivity contribution is 7.86. The summed E-state index contributed by atoms with van der Waals surface area (Å²) < 4.78 is 31.7. The Balaban J connectivity index is 2.80. The fraction of sp³-hybridized carbons (Fsp3) is 0.100. The van der Waals surface area contributed by atoms with Gasteiger partial charge in [-0.15, -0.1) is 0 Å². The van der Waals surface area contributed by atoms with E-state index in [1.54, 1.807) is 0 Å². The monoisotopic (exact) mass is 297 g/mol. The molecule has 20 heavy (non-hydrogen) atoms. The standard InChI is InChI=1S/C10H7N3O6S/c11-12-10-7-3-5(13(15)16)1-2-6(7)9(4-8(10)14)20(17,18)19/h1-4,9,14H,(H,17,18,19). The molecule has 1 atom stereocenters. The zero-order valence-electron chi connectivity index (χ0n) is 9.66. The number of nitrogens with zero attached hydrogens (tertiary/aromatic N) is 3. The van der Waals surface area contributed by atoms with Crippen LogP contribution in [0.4, 0.5) is 5.69 Å². The molecule has 2 rings (SSSR count). The van der Waals surface area contributed by atoms with Crippen molar-refractivity contribution in [3.63, 3.8) is 0 Å². The quantitative estimate of drug-likeness (QED) is 0.273. The predicted molar refractivity (Wildman–Crippen MR) is 65.8 cm³/mol. The summed E-state index contributed by atoms with van der Waals surface area (Å²) in [7, 11) is -4.58. The van der Waals surface area contributed by atoms with Crippen molar-refractivity contribution < 1.29 is 27.8 Å². The number of rotatable bonds is 2. The largest absolute Gasteiger partial charge is 0.502 e. The molecule has 0 bridgehead atoms. The van der Waals surface area contributed by atoms with Crippen LogP contribution in [0.1, 0.15) is 16.4 Å². The van der Waals surface area contributed by atoms with Gasteiger partial charge in [-0.3, -0.25) is 14.7 Å². The smallest absolute Gasteiger partial charge is 0.363 e. The lowest BCUT2D eigenvalue weighted by molar-refractivity contribution is -0.384. The topological polar surface area (TPSA) is 154 Å². The number of benzene rings is 1. The van der Waals surface area contributed by atoms with Gasteiger partial charge in [-0.25, -0.2) is 0 Å². The minimum Gasteiger partial charge on any atom is -0.502 e. The molecule has 0 aliphatic heterocycles. The van der Waals surface area contributed by atoms with Crippen LogP contribution >= 0.6 is 0 Å². The number of allylic oxidation sites excluding steroid dienone is 1. The first-order valence-corrected chi connectivity index (χ1v) is 6.64. The Kier molecular flexibility index (Phi) is 3.14. The molecule has 0 fully saturated rings. The van der Waals surface area contributed by atoms with E-state index in [2.05, 4.69) is 4.79 Å². The molecule has 0 saturated carbocycles. The summed E-state index contributed by atoms with van der Waals surface area (Å²) in [6.07, 6.45) is 0.776. The second-order valence-electron chi connectivity index (χ2n) is 3.96. The Morgan fingerprint density at radius 2 is 2.05 bits per heavy atom. The van der Waals surface area contributed by atoms with Crippen molar-refractivity contribution >= 4 is 21.5 Å². The van der Waals surface area contributed by atoms with Gasteiger partial charge in [0.2, 0.25) is 5.76 Å². The Labute approximate surface area is 112 Å². The Morgan fingerprint density at radius 1 is 1.40 bits per heavy atom. The van der Waals surface area contributed by atoms with Crippen LogP contribution in [0.25, 0.3) is 5.53 Å². The Hall–Kier alpha value is -2.55. The van der Waals surface area contributed by atoms with Crippen LogP contribution in [0.3, 0.4) is 0 Å². The van der Waals surface area contributed by atoms with Crippen molar-refractivity contribution in [3.05, 3.63) is 56.8 Å². The highest BCUT2D eigenvalue weighted by atomic mass is 32.2. The van der Waals surface area contributed by atoms with Gasteiger partial charge in [0.05, 0.1) is 10.5 Å². The molecule has 0 aromatic heterocycles. The van der Waals surface area contributed by atoms with Gasteiger partial charge in [0.25, 0.3) is 15.8 Å². The van der Waals surface area contributed by atoms with Crippen LogP contribution in [0.15, 0.2) is 30.0 Å². The van der Waals surface area contributed by atoms with Gasteiger partial charge in [0.15, 0.2) is 0 Å². The molecular weight excluding hydrogens is 290 g/mol. The SMILES string of the molecule is [N-]=[N+]=C1C(O)=CC(S(=O)(=O)O)c2ccc([N+](=O)[O-])cc21. The molecule has 1 aromatic rings. The first-order valence-electron chi connectivity index (χ1n) is 5.14. The fourth-order valence-electron chi connectivity index (χ4n) is 1.91. The van der Waals surface area contributed by atoms with Gasteiger partial charge in [-0.05, 0) is 17.7 Å². The third-order valence-corrected chi connectivity index (χ3v) is 3.81. The van der Waals surface area contributed by atoms with E-state index in [0.29, 0.717) is 0 Å². The predicted octanol–water partition coefficient (Wildman–Crippen LogP) is 0.998. The van der Waals surface area contributed by atoms with E-state index in [0.717, 1.165) is 24.3 Å². The van der Waals surface area contributed by atoms with Crippen molar-refractivity contribution in [1.29, 1.82) is 0 Å². The summed E-state index contributed by atoms with van der Waals surface area (Å²) >= 11 is 0. The maximum absolute atomic E-state index is 11.3. The molecule has 0 radical (unpaired) electrons. The highest BCUT2D eigenvalue weighted by Gasteiger charge is 2.37. The zero-order valence-corrected chi connectivity index (χ0v) is 10.5. The summed E-state index contributed by atoms with van der Waals surface area (Å²) in [5.74, 6) is -0.705. The molecular formula is C10H7N3O6S. The molecule has 10 heteroatoms. The molecule has 1 aromatic carbocycles. The van der Waals surface area contributed by atoms with Crippen LogP contribution < -0.4 is 0 Å². The third kappa shape index (κ3) is 2.18. The van der Waals surface area contributed by atoms with E-state index in [1.165, 1.54) is 0 Å². The number of hydrogen-bond acceptors (Lipinski definition) is 5. The lowest BCUT2D eigenvalue weighted by Crippen LogP contribution is -2.22. The molecule has 1 aliphatic rings. The van der Waals surface area contributed by atoms with Crippen LogP contribution in [-0.2, 0) is 10.1 Å². The minimum atomic E-state index is -4.58. The number of nitro benzene ring substituents is 1. The van der Waals surface area contributed by atoms with E-state index < -0.39 is 31.8 Å². The van der Waals surface area contributed by atoms with Gasteiger partial charge in [-0.1, -0.05) is 0 Å². The second kappa shape index (κ2) is 4.53. The molecule has 0 saturated heterocycles. The van der Waals surface area contributed by atoms with Gasteiger partial charge in [0.1, 0.15) is 5.25 Å². The average Bonchev–Trinajstić information content (AvgIpc) is 2.35. The Morgan fingerprint density at radius 3 is 2.55 bits per heavy atom. The molecule has 104 valence electrons. The summed E-state index contributed by atoms with van der Waals surface area (Å²) in [6.45, 7) is 0. The number of hydrogen-bond donors (Lipinski definition) is 2. The molecule has 1 aliphatic carbocycles. The van der Waals surface area contributed by atoms with Crippen molar-refractivity contribution in [2.24, 2.45) is 0 Å². The number of aliphatic hydroxyl groups excluding tert-OH is 1. The number of aliphatic hydroxyl groups is 1. The van der Waals surface area contributed by atoms with Crippen molar-refractivity contribution in [2.45, 2.75) is 5.25 Å². The lowest BCUT2D eigenvalue weighted by atomic mass is 9.93. The second-order valence-corrected chi connectivity index (χ2v) is 5.50. The van der Waals surface area contributed by atoms with E-state index in [-0.39, 0.29) is 16.8 Å². The summed E-state index contributed by atoms with van der Waals surface area (Å²) in [5, 5.41) is 18.7. The number of nitro groups is 1. The van der Waals surface area contributed by atoms with Gasteiger partial charge in [-0.2, -0.15) is 13.2 Å². The summed E-state index contributed by atoms with van der Waals surface area (Å²) in [5.41, 5.74) is 7.85. The van der Waals surface area contributed by atoms with E-state index in [9.17, 15) is 23.6 Å². The number of fused-ring (bicyclic) bond motifs is 1. The van der Waals surface area contributed by atoms with E-state index in [1.807, 2.05) is 0 Å². The minimum absolute atomic E-state index is 0.0382. The molecule has 2 N–H and O–H groups in total. The summed E-state index contributed by atoms with van der Waals surface area (Å²) in [6, 6.07) is 3.11. The normalized spacial score (nSPS) is 17.9. The van der Waals surface area contributed by atoms with Crippen molar-refractivity contribution in [3.8, 4) is 0 Å². The first kappa shape index (κ1) is 13.9. The molecule has 9 nitrogen and oxygen atoms in total. The van der Waals surface area contributed by atoms with Crippen molar-refractivity contribution in [1.82, 2.24) is 0 Å².